The molecule has 1 aromatic heterocycles. The average Bonchev–Trinajstić information content (AvgIpc) is 2.97. The van der Waals surface area contributed by atoms with Gasteiger partial charge in [-0.25, -0.2) is 4.79 Å². The first-order valence-corrected chi connectivity index (χ1v) is 6.27. The van der Waals surface area contributed by atoms with Crippen LogP contribution in [0.25, 0.3) is 0 Å². The quantitative estimate of drug-likeness (QED) is 0.850. The Kier molecular flexibility index (Phi) is 3.23. The minimum absolute atomic E-state index is 0.0682. The van der Waals surface area contributed by atoms with Crippen LogP contribution in [0, 0.1) is 0 Å². The van der Waals surface area contributed by atoms with Gasteiger partial charge >= 0.3 is 6.03 Å². The number of urea groups is 1. The minimum atomic E-state index is -1.04. The number of nitrogens with one attached hydrogen (secondary N) is 1. The molecule has 21 heavy (non-hydrogen) atoms. The van der Waals surface area contributed by atoms with Crippen molar-refractivity contribution >= 4 is 17.8 Å². The van der Waals surface area contributed by atoms with Gasteiger partial charge in [-0.15, -0.1) is 0 Å². The Bertz CT molecular complexity index is 682. The number of carbonyl (C=O) groups is 3. The molecular weight excluding hydrogens is 274 g/mol. The third kappa shape index (κ3) is 2.40. The Morgan fingerprint density at radius 2 is 1.90 bits per heavy atom. The van der Waals surface area contributed by atoms with Gasteiger partial charge in [0.15, 0.2) is 5.76 Å². The summed E-state index contributed by atoms with van der Waals surface area (Å²) in [4.78, 5) is 37.2. The zero-order chi connectivity index (χ0) is 14.8. The second-order valence-electron chi connectivity index (χ2n) is 4.54. The number of hydrogen-bond acceptors (Lipinski definition) is 5. The van der Waals surface area contributed by atoms with E-state index in [0.717, 1.165) is 4.90 Å². The molecule has 1 saturated heterocycles. The van der Waals surface area contributed by atoms with Gasteiger partial charge in [-0.1, -0.05) is 35.5 Å². The molecule has 3 rings (SSSR count). The summed E-state index contributed by atoms with van der Waals surface area (Å²) in [7, 11) is 0. The lowest BCUT2D eigenvalue weighted by molar-refractivity contribution is -0.139. The van der Waals surface area contributed by atoms with E-state index in [1.807, 2.05) is 0 Å². The molecule has 4 amide bonds. The summed E-state index contributed by atoms with van der Waals surface area (Å²) < 4.78 is 4.89. The summed E-state index contributed by atoms with van der Waals surface area (Å²) in [6, 6.07) is 9.38. The predicted octanol–water partition coefficient (Wildman–Crippen LogP) is 1.04. The lowest BCUT2D eigenvalue weighted by Crippen LogP contribution is -2.56. The van der Waals surface area contributed by atoms with Gasteiger partial charge in [-0.3, -0.25) is 19.8 Å². The molecule has 106 valence electrons. The summed E-state index contributed by atoms with van der Waals surface area (Å²) in [6.45, 7) is -0.0682. The highest BCUT2D eigenvalue weighted by Crippen LogP contribution is 2.23. The van der Waals surface area contributed by atoms with E-state index >= 15 is 0 Å². The number of amides is 4. The third-order valence-electron chi connectivity index (χ3n) is 3.19. The molecule has 0 radical (unpaired) electrons. The second kappa shape index (κ2) is 5.20. The smallest absolute Gasteiger partial charge is 0.331 e. The van der Waals surface area contributed by atoms with Crippen molar-refractivity contribution in [3.8, 4) is 0 Å². The summed E-state index contributed by atoms with van der Waals surface area (Å²) in [5.41, 5.74) is 0.537. The number of imide groups is 2. The molecule has 0 bridgehead atoms. The third-order valence-corrected chi connectivity index (χ3v) is 3.19. The molecule has 0 spiro atoms. The van der Waals surface area contributed by atoms with Crippen LogP contribution in [0.4, 0.5) is 4.79 Å². The van der Waals surface area contributed by atoms with Gasteiger partial charge in [0.25, 0.3) is 0 Å². The second-order valence-corrected chi connectivity index (χ2v) is 4.54. The van der Waals surface area contributed by atoms with Crippen LogP contribution in [0.1, 0.15) is 17.2 Å². The number of barbiturate groups is 1. The molecule has 0 aliphatic carbocycles. The molecule has 1 aliphatic heterocycles. The van der Waals surface area contributed by atoms with Gasteiger partial charge in [0.05, 0.1) is 12.7 Å². The van der Waals surface area contributed by atoms with E-state index in [1.54, 1.807) is 36.4 Å². The summed E-state index contributed by atoms with van der Waals surface area (Å²) in [5, 5.41) is 5.70. The van der Waals surface area contributed by atoms with Gasteiger partial charge in [0.2, 0.25) is 11.8 Å². The van der Waals surface area contributed by atoms with Crippen LogP contribution < -0.4 is 5.32 Å². The van der Waals surface area contributed by atoms with E-state index in [4.69, 9.17) is 4.52 Å². The van der Waals surface area contributed by atoms with Crippen molar-refractivity contribution in [1.29, 1.82) is 0 Å². The molecule has 1 atom stereocenters. The molecular formula is C14H11N3O4. The van der Waals surface area contributed by atoms with Crippen LogP contribution >= 0.6 is 0 Å². The lowest BCUT2D eigenvalue weighted by atomic mass is 9.95. The highest BCUT2D eigenvalue weighted by Gasteiger charge is 2.41. The van der Waals surface area contributed by atoms with E-state index in [1.165, 1.54) is 6.20 Å². The monoisotopic (exact) mass is 285 g/mol. The van der Waals surface area contributed by atoms with Crippen molar-refractivity contribution in [2.45, 2.75) is 12.5 Å². The number of rotatable bonds is 3. The molecule has 1 unspecified atom stereocenters. The Balaban J connectivity index is 1.90. The molecule has 0 saturated carbocycles. The SMILES string of the molecule is O=C1NC(=O)N(Cc2ccno2)C(=O)C1c1ccccc1. The van der Waals surface area contributed by atoms with Crippen molar-refractivity contribution in [2.24, 2.45) is 0 Å². The lowest BCUT2D eigenvalue weighted by Gasteiger charge is -2.29. The Labute approximate surface area is 119 Å². The number of carbonyl (C=O) groups excluding carboxylic acids is 3. The van der Waals surface area contributed by atoms with Crippen LogP contribution in [-0.4, -0.2) is 27.9 Å². The summed E-state index contributed by atoms with van der Waals surface area (Å²) in [5.74, 6) is -1.87. The van der Waals surface area contributed by atoms with Gasteiger partial charge in [0, 0.05) is 6.07 Å². The zero-order valence-corrected chi connectivity index (χ0v) is 10.9. The first-order valence-electron chi connectivity index (χ1n) is 6.27. The molecule has 1 fully saturated rings. The summed E-state index contributed by atoms with van der Waals surface area (Å²) in [6.07, 6.45) is 1.42. The van der Waals surface area contributed by atoms with Crippen LogP contribution in [-0.2, 0) is 16.1 Å². The Hall–Kier alpha value is -2.96. The van der Waals surface area contributed by atoms with Gasteiger partial charge in [0.1, 0.15) is 5.92 Å². The maximum absolute atomic E-state index is 12.5. The highest BCUT2D eigenvalue weighted by atomic mass is 16.5. The highest BCUT2D eigenvalue weighted by molar-refractivity contribution is 6.19. The molecule has 2 aromatic rings. The van der Waals surface area contributed by atoms with Crippen molar-refractivity contribution in [1.82, 2.24) is 15.4 Å². The van der Waals surface area contributed by atoms with E-state index in [-0.39, 0.29) is 6.54 Å². The molecule has 2 heterocycles. The van der Waals surface area contributed by atoms with Crippen molar-refractivity contribution in [3.05, 3.63) is 53.9 Å². The number of aromatic nitrogens is 1. The Morgan fingerprint density at radius 3 is 2.57 bits per heavy atom. The van der Waals surface area contributed by atoms with E-state index in [9.17, 15) is 14.4 Å². The van der Waals surface area contributed by atoms with Crippen LogP contribution in [0.15, 0.2) is 47.1 Å². The van der Waals surface area contributed by atoms with Crippen LogP contribution in [0.2, 0.25) is 0 Å². The van der Waals surface area contributed by atoms with Crippen molar-refractivity contribution < 1.29 is 18.9 Å². The zero-order valence-electron chi connectivity index (χ0n) is 10.9. The van der Waals surface area contributed by atoms with Crippen LogP contribution in [0.3, 0.4) is 0 Å². The fourth-order valence-electron chi connectivity index (χ4n) is 2.18. The Morgan fingerprint density at radius 1 is 1.14 bits per heavy atom. The largest absolute Gasteiger partial charge is 0.359 e. The first-order chi connectivity index (χ1) is 10.2. The van der Waals surface area contributed by atoms with E-state index < -0.39 is 23.8 Å². The predicted molar refractivity (Wildman–Crippen MR) is 69.8 cm³/mol. The van der Waals surface area contributed by atoms with E-state index in [2.05, 4.69) is 10.5 Å². The van der Waals surface area contributed by atoms with Crippen molar-refractivity contribution in [3.63, 3.8) is 0 Å². The fourth-order valence-corrected chi connectivity index (χ4v) is 2.18. The van der Waals surface area contributed by atoms with Crippen molar-refractivity contribution in [2.75, 3.05) is 0 Å². The maximum Gasteiger partial charge on any atom is 0.331 e. The molecule has 7 nitrogen and oxygen atoms in total. The molecule has 1 aliphatic rings. The van der Waals surface area contributed by atoms with E-state index in [0.29, 0.717) is 11.3 Å². The number of hydrogen-bond donors (Lipinski definition) is 1. The molecule has 1 N–H and O–H groups in total. The number of benzene rings is 1. The standard InChI is InChI=1S/C14H11N3O4/c18-12-11(9-4-2-1-3-5-9)13(19)17(14(20)16-12)8-10-6-7-15-21-10/h1-7,11H,8H2,(H,16,18,20). The van der Waals surface area contributed by atoms with Gasteiger partial charge in [-0.05, 0) is 5.56 Å². The topological polar surface area (TPSA) is 92.5 Å². The normalized spacial score (nSPS) is 18.8. The molecule has 1 aromatic carbocycles. The van der Waals surface area contributed by atoms with Crippen LogP contribution in [0.5, 0.6) is 0 Å². The number of nitrogens with zero attached hydrogens (tertiary/aromatic N) is 2. The minimum Gasteiger partial charge on any atom is -0.359 e. The van der Waals surface area contributed by atoms with Gasteiger partial charge in [-0.2, -0.15) is 0 Å². The maximum atomic E-state index is 12.5. The molecule has 7 heteroatoms. The van der Waals surface area contributed by atoms with Gasteiger partial charge < -0.3 is 4.52 Å². The first kappa shape index (κ1) is 13.0. The summed E-state index contributed by atoms with van der Waals surface area (Å²) >= 11 is 0. The average molecular weight is 285 g/mol. The fraction of sp³-hybridized carbons (Fsp3) is 0.143.